The Morgan fingerprint density at radius 1 is 0.706 bits per heavy atom. The van der Waals surface area contributed by atoms with Gasteiger partial charge in [-0.2, -0.15) is 0 Å². The van der Waals surface area contributed by atoms with Gasteiger partial charge in [-0.15, -0.1) is 0 Å². The van der Waals surface area contributed by atoms with Crippen molar-refractivity contribution in [2.45, 2.75) is 24.7 Å². The van der Waals surface area contributed by atoms with Crippen molar-refractivity contribution in [3.63, 3.8) is 0 Å². The Morgan fingerprint density at radius 3 is 1.59 bits per heavy atom. The number of hydrogen-bond acceptors (Lipinski definition) is 3. The molecule has 34 heavy (non-hydrogen) atoms. The topological polar surface area (TPSA) is 63.4 Å². The average Bonchev–Trinajstić information content (AvgIpc) is 3.77. The molecule has 0 bridgehead atoms. The van der Waals surface area contributed by atoms with E-state index in [1.54, 1.807) is 36.4 Å². The van der Waals surface area contributed by atoms with Gasteiger partial charge >= 0.3 is 0 Å². The molecule has 4 nitrogen and oxygen atoms in total. The highest BCUT2D eigenvalue weighted by molar-refractivity contribution is 6.21. The van der Waals surface area contributed by atoms with Gasteiger partial charge in [-0.25, -0.2) is 8.78 Å². The van der Waals surface area contributed by atoms with Crippen LogP contribution in [-0.2, 0) is 0 Å². The molecule has 0 radical (unpaired) electrons. The molecule has 0 unspecified atom stereocenters. The van der Waals surface area contributed by atoms with E-state index in [0.29, 0.717) is 35.4 Å². The second-order valence-electron chi connectivity index (χ2n) is 9.31. The largest absolute Gasteiger partial charge is 0.330 e. The van der Waals surface area contributed by atoms with Gasteiger partial charge in [0, 0.05) is 6.54 Å². The van der Waals surface area contributed by atoms with Crippen LogP contribution >= 0.6 is 0 Å². The Morgan fingerprint density at radius 2 is 1.15 bits per heavy atom. The molecule has 3 aromatic rings. The van der Waals surface area contributed by atoms with Crippen LogP contribution in [0.2, 0.25) is 0 Å². The molecular weight excluding hydrogens is 434 g/mol. The van der Waals surface area contributed by atoms with Crippen molar-refractivity contribution in [3.8, 4) is 0 Å². The van der Waals surface area contributed by atoms with E-state index in [2.05, 4.69) is 0 Å². The summed E-state index contributed by atoms with van der Waals surface area (Å²) in [6, 6.07) is 20.1. The van der Waals surface area contributed by atoms with E-state index in [9.17, 15) is 18.4 Å². The third kappa shape index (κ3) is 4.50. The second-order valence-corrected chi connectivity index (χ2v) is 9.31. The molecule has 2 saturated carbocycles. The number of fused-ring (bicyclic) bond motifs is 1. The van der Waals surface area contributed by atoms with Crippen molar-refractivity contribution >= 4 is 11.8 Å². The lowest BCUT2D eigenvalue weighted by molar-refractivity contribution is 0.0646. The molecule has 3 aliphatic rings. The third-order valence-electron chi connectivity index (χ3n) is 7.04. The molecule has 1 aliphatic heterocycles. The maximum Gasteiger partial charge on any atom is 0.261 e. The Bertz CT molecular complexity index is 1170. The maximum atomic E-state index is 13.0. The Kier molecular flexibility index (Phi) is 6.00. The van der Waals surface area contributed by atoms with Gasteiger partial charge in [0.2, 0.25) is 0 Å². The smallest absolute Gasteiger partial charge is 0.261 e. The normalized spacial score (nSPS) is 24.4. The van der Waals surface area contributed by atoms with Gasteiger partial charge in [0.15, 0.2) is 0 Å². The predicted octanol–water partition coefficient (Wildman–Crippen LogP) is 5.11. The van der Waals surface area contributed by atoms with E-state index in [4.69, 9.17) is 5.73 Å². The van der Waals surface area contributed by atoms with E-state index in [0.717, 1.165) is 18.5 Å². The highest BCUT2D eigenvalue weighted by Crippen LogP contribution is 2.48. The van der Waals surface area contributed by atoms with Crippen LogP contribution < -0.4 is 5.73 Å². The first-order valence-electron chi connectivity index (χ1n) is 11.6. The standard InChI is InChI=1S/C18H14FNO2.C10H12FN/c19-13-7-5-11(6-8-13)16-9-12(16)10-20-17(21)14-3-1-2-4-15(14)18(20)22;11-9-3-1-7(2-4-9)10-5-8(10)6-12/h1-8,12,16H,9-10H2;1-4,8,10H,5-6,12H2/t12-,16-;8-,10-/m00/s1. The van der Waals surface area contributed by atoms with E-state index >= 15 is 0 Å². The fraction of sp³-hybridized carbons (Fsp3) is 0.286. The van der Waals surface area contributed by atoms with Crippen LogP contribution in [0, 0.1) is 23.5 Å². The van der Waals surface area contributed by atoms with Crippen LogP contribution in [0.4, 0.5) is 8.78 Å². The predicted molar refractivity (Wildman–Crippen MR) is 125 cm³/mol. The van der Waals surface area contributed by atoms with Gasteiger partial charge in [-0.1, -0.05) is 36.4 Å². The van der Waals surface area contributed by atoms with E-state index < -0.39 is 0 Å². The first-order valence-corrected chi connectivity index (χ1v) is 11.6. The summed E-state index contributed by atoms with van der Waals surface area (Å²) in [5.74, 6) is 0.990. The summed E-state index contributed by atoms with van der Waals surface area (Å²) in [5, 5.41) is 0. The minimum Gasteiger partial charge on any atom is -0.330 e. The lowest BCUT2D eigenvalue weighted by Crippen LogP contribution is -2.31. The highest BCUT2D eigenvalue weighted by Gasteiger charge is 2.44. The van der Waals surface area contributed by atoms with Gasteiger partial charge in [-0.05, 0) is 90.6 Å². The molecule has 0 saturated heterocycles. The fourth-order valence-corrected chi connectivity index (χ4v) is 4.83. The van der Waals surface area contributed by atoms with E-state index in [1.807, 2.05) is 12.1 Å². The van der Waals surface area contributed by atoms with Crippen molar-refractivity contribution in [3.05, 3.63) is 107 Å². The molecule has 0 spiro atoms. The summed E-state index contributed by atoms with van der Waals surface area (Å²) in [4.78, 5) is 26.0. The highest BCUT2D eigenvalue weighted by atomic mass is 19.1. The Balaban J connectivity index is 0.000000169. The SMILES string of the molecule is NC[C@@H]1C[C@H]1c1ccc(F)cc1.O=C1c2ccccc2C(=O)N1C[C@@H]1C[C@H]1c1ccc(F)cc1. The number of rotatable bonds is 5. The zero-order chi connectivity index (χ0) is 23.8. The number of halogens is 2. The Hall–Kier alpha value is -3.38. The summed E-state index contributed by atoms with van der Waals surface area (Å²) in [5.41, 5.74) is 8.80. The minimum atomic E-state index is -0.249. The number of nitrogens with two attached hydrogens (primary N) is 1. The van der Waals surface area contributed by atoms with Gasteiger partial charge in [-0.3, -0.25) is 14.5 Å². The molecule has 6 heteroatoms. The van der Waals surface area contributed by atoms with Crippen LogP contribution in [0.15, 0.2) is 72.8 Å². The van der Waals surface area contributed by atoms with Crippen LogP contribution in [0.1, 0.15) is 56.5 Å². The Labute approximate surface area is 197 Å². The summed E-state index contributed by atoms with van der Waals surface area (Å²) in [6.07, 6.45) is 2.10. The van der Waals surface area contributed by atoms with Gasteiger partial charge in [0.05, 0.1) is 11.1 Å². The lowest BCUT2D eigenvalue weighted by Gasteiger charge is -2.13. The van der Waals surface area contributed by atoms with Crippen molar-refractivity contribution in [2.75, 3.05) is 13.1 Å². The quantitative estimate of drug-likeness (QED) is 0.538. The molecule has 1 heterocycles. The number of amides is 2. The zero-order valence-electron chi connectivity index (χ0n) is 18.7. The number of carbonyl (C=O) groups excluding carboxylic acids is 2. The van der Waals surface area contributed by atoms with Crippen molar-refractivity contribution in [1.82, 2.24) is 4.90 Å². The zero-order valence-corrected chi connectivity index (χ0v) is 18.7. The van der Waals surface area contributed by atoms with E-state index in [1.165, 1.54) is 41.1 Å². The van der Waals surface area contributed by atoms with Crippen LogP contribution in [0.3, 0.4) is 0 Å². The summed E-state index contributed by atoms with van der Waals surface area (Å²) in [6.45, 7) is 1.19. The molecule has 6 rings (SSSR count). The molecular formula is C28H26F2N2O2. The molecule has 2 fully saturated rings. The number of hydrogen-bond donors (Lipinski definition) is 1. The average molecular weight is 461 g/mol. The minimum absolute atomic E-state index is 0.163. The molecule has 2 N–H and O–H groups in total. The molecule has 2 aliphatic carbocycles. The number of nitrogens with zero attached hydrogens (tertiary/aromatic N) is 1. The number of carbonyl (C=O) groups is 2. The second kappa shape index (κ2) is 9.11. The summed E-state index contributed by atoms with van der Waals surface area (Å²) in [7, 11) is 0. The van der Waals surface area contributed by atoms with E-state index in [-0.39, 0.29) is 29.4 Å². The van der Waals surface area contributed by atoms with Gasteiger partial charge in [0.25, 0.3) is 11.8 Å². The first kappa shape index (κ1) is 22.4. The molecule has 0 aromatic heterocycles. The fourth-order valence-electron chi connectivity index (χ4n) is 4.83. The van der Waals surface area contributed by atoms with Crippen LogP contribution in [-0.4, -0.2) is 29.8 Å². The third-order valence-corrected chi connectivity index (χ3v) is 7.04. The number of imide groups is 1. The van der Waals surface area contributed by atoms with Crippen molar-refractivity contribution in [1.29, 1.82) is 0 Å². The van der Waals surface area contributed by atoms with Crippen molar-refractivity contribution in [2.24, 2.45) is 17.6 Å². The molecule has 2 amide bonds. The monoisotopic (exact) mass is 460 g/mol. The maximum absolute atomic E-state index is 13.0. The molecule has 4 atom stereocenters. The van der Waals surface area contributed by atoms with Crippen LogP contribution in [0.25, 0.3) is 0 Å². The summed E-state index contributed by atoms with van der Waals surface area (Å²) >= 11 is 0. The van der Waals surface area contributed by atoms with Gasteiger partial charge in [0.1, 0.15) is 11.6 Å². The van der Waals surface area contributed by atoms with Gasteiger partial charge < -0.3 is 5.73 Å². The number of benzene rings is 3. The van der Waals surface area contributed by atoms with Crippen molar-refractivity contribution < 1.29 is 18.4 Å². The van der Waals surface area contributed by atoms with Crippen LogP contribution in [0.5, 0.6) is 0 Å². The first-order chi connectivity index (χ1) is 16.5. The summed E-state index contributed by atoms with van der Waals surface area (Å²) < 4.78 is 25.5. The lowest BCUT2D eigenvalue weighted by atomic mass is 10.1. The molecule has 3 aromatic carbocycles. The molecule has 174 valence electrons.